The Morgan fingerprint density at radius 2 is 1.97 bits per heavy atom. The highest BCUT2D eigenvalue weighted by Gasteiger charge is 2.10. The van der Waals surface area contributed by atoms with Crippen LogP contribution < -0.4 is 10.1 Å². The summed E-state index contributed by atoms with van der Waals surface area (Å²) >= 11 is 0. The molecule has 0 unspecified atom stereocenters. The molecule has 0 aliphatic carbocycles. The van der Waals surface area contributed by atoms with Crippen LogP contribution in [0.5, 0.6) is 5.75 Å². The van der Waals surface area contributed by atoms with Gasteiger partial charge in [-0.05, 0) is 74.9 Å². The minimum Gasteiger partial charge on any atom is -0.486 e. The van der Waals surface area contributed by atoms with E-state index in [4.69, 9.17) is 4.74 Å². The molecule has 1 aromatic carbocycles. The SMILES string of the molecule is Cc1cc(C)n(CCCNC(=O)c2ccc(OCc3nnnn3C(C)C)cc2)n1. The Balaban J connectivity index is 1.44. The number of carbonyl (C=O) groups excluding carboxylic acids is 1. The number of nitrogens with zero attached hydrogens (tertiary/aromatic N) is 6. The average Bonchev–Trinajstić information content (AvgIpc) is 3.29. The smallest absolute Gasteiger partial charge is 0.251 e. The lowest BCUT2D eigenvalue weighted by atomic mass is 10.2. The van der Waals surface area contributed by atoms with Crippen molar-refractivity contribution >= 4 is 5.91 Å². The van der Waals surface area contributed by atoms with E-state index < -0.39 is 0 Å². The first-order valence-corrected chi connectivity index (χ1v) is 9.73. The largest absolute Gasteiger partial charge is 0.486 e. The number of hydrogen-bond acceptors (Lipinski definition) is 6. The molecule has 0 saturated heterocycles. The number of ether oxygens (including phenoxy) is 1. The van der Waals surface area contributed by atoms with Gasteiger partial charge in [-0.2, -0.15) is 5.10 Å². The third-order valence-corrected chi connectivity index (χ3v) is 4.47. The van der Waals surface area contributed by atoms with Crippen molar-refractivity contribution < 1.29 is 9.53 Å². The molecule has 9 heteroatoms. The highest BCUT2D eigenvalue weighted by atomic mass is 16.5. The Labute approximate surface area is 170 Å². The van der Waals surface area contributed by atoms with Crippen LogP contribution in [0.4, 0.5) is 0 Å². The zero-order chi connectivity index (χ0) is 20.8. The van der Waals surface area contributed by atoms with Crippen LogP contribution in [0.25, 0.3) is 0 Å². The molecule has 2 aromatic heterocycles. The van der Waals surface area contributed by atoms with Crippen LogP contribution >= 0.6 is 0 Å². The Hall–Kier alpha value is -3.23. The summed E-state index contributed by atoms with van der Waals surface area (Å²) in [6, 6.07) is 9.25. The summed E-state index contributed by atoms with van der Waals surface area (Å²) in [6.07, 6.45) is 0.819. The van der Waals surface area contributed by atoms with Gasteiger partial charge >= 0.3 is 0 Å². The molecule has 3 aromatic rings. The highest BCUT2D eigenvalue weighted by molar-refractivity contribution is 5.94. The number of aryl methyl sites for hydroxylation is 3. The molecule has 2 heterocycles. The quantitative estimate of drug-likeness (QED) is 0.557. The summed E-state index contributed by atoms with van der Waals surface area (Å²) in [5.41, 5.74) is 2.73. The van der Waals surface area contributed by atoms with Crippen molar-refractivity contribution in [1.82, 2.24) is 35.3 Å². The number of carbonyl (C=O) groups is 1. The second-order valence-electron chi connectivity index (χ2n) is 7.21. The molecule has 0 bridgehead atoms. The first-order chi connectivity index (χ1) is 13.9. The second kappa shape index (κ2) is 9.31. The number of hydrogen-bond donors (Lipinski definition) is 1. The molecule has 0 radical (unpaired) electrons. The molecule has 3 rings (SSSR count). The Morgan fingerprint density at radius 3 is 2.62 bits per heavy atom. The van der Waals surface area contributed by atoms with Gasteiger partial charge in [0, 0.05) is 24.3 Å². The van der Waals surface area contributed by atoms with Crippen molar-refractivity contribution in [3.63, 3.8) is 0 Å². The Kier molecular flexibility index (Phi) is 6.58. The lowest BCUT2D eigenvalue weighted by Gasteiger charge is -2.10. The van der Waals surface area contributed by atoms with Gasteiger partial charge in [0.05, 0.1) is 11.7 Å². The van der Waals surface area contributed by atoms with Crippen LogP contribution in [0.1, 0.15) is 53.9 Å². The van der Waals surface area contributed by atoms with Gasteiger partial charge in [0.1, 0.15) is 12.4 Å². The van der Waals surface area contributed by atoms with Crippen LogP contribution in [-0.2, 0) is 13.2 Å². The average molecular weight is 397 g/mol. The molecule has 0 saturated carbocycles. The molecule has 9 nitrogen and oxygen atoms in total. The van der Waals surface area contributed by atoms with E-state index in [2.05, 4.69) is 25.9 Å². The van der Waals surface area contributed by atoms with Crippen molar-refractivity contribution in [2.24, 2.45) is 0 Å². The number of nitrogens with one attached hydrogen (secondary N) is 1. The van der Waals surface area contributed by atoms with Gasteiger partial charge in [-0.25, -0.2) is 4.68 Å². The lowest BCUT2D eigenvalue weighted by Crippen LogP contribution is -2.25. The summed E-state index contributed by atoms with van der Waals surface area (Å²) in [4.78, 5) is 12.3. The van der Waals surface area contributed by atoms with Crippen molar-refractivity contribution in [3.05, 3.63) is 53.1 Å². The number of aromatic nitrogens is 6. The predicted molar refractivity (Wildman–Crippen MR) is 108 cm³/mol. The Bertz CT molecular complexity index is 944. The van der Waals surface area contributed by atoms with Crippen LogP contribution in [-0.4, -0.2) is 42.4 Å². The third-order valence-electron chi connectivity index (χ3n) is 4.47. The maximum Gasteiger partial charge on any atom is 0.251 e. The maximum atomic E-state index is 12.3. The molecule has 0 atom stereocenters. The van der Waals surface area contributed by atoms with Crippen LogP contribution in [0.15, 0.2) is 30.3 Å². The molecule has 0 aliphatic heterocycles. The molecule has 1 amide bonds. The van der Waals surface area contributed by atoms with Crippen LogP contribution in [0, 0.1) is 13.8 Å². The van der Waals surface area contributed by atoms with Gasteiger partial charge in [0.25, 0.3) is 5.91 Å². The summed E-state index contributed by atoms with van der Waals surface area (Å²) in [6.45, 7) is 9.66. The normalized spacial score (nSPS) is 11.1. The van der Waals surface area contributed by atoms with E-state index in [1.165, 1.54) is 0 Å². The Morgan fingerprint density at radius 1 is 1.21 bits per heavy atom. The predicted octanol–water partition coefficient (Wildman–Crippen LogP) is 2.47. The fraction of sp³-hybridized carbons (Fsp3) is 0.450. The van der Waals surface area contributed by atoms with Gasteiger partial charge < -0.3 is 10.1 Å². The minimum atomic E-state index is -0.103. The van der Waals surface area contributed by atoms with Crippen LogP contribution in [0.2, 0.25) is 0 Å². The van der Waals surface area contributed by atoms with Gasteiger partial charge in [0.15, 0.2) is 5.82 Å². The summed E-state index contributed by atoms with van der Waals surface area (Å²) in [7, 11) is 0. The van der Waals surface area contributed by atoms with E-state index in [1.807, 2.05) is 38.4 Å². The van der Waals surface area contributed by atoms with Gasteiger partial charge in [-0.15, -0.1) is 5.10 Å². The standard InChI is InChI=1S/C20H27N7O2/c1-14(2)27-19(22-24-25-27)13-29-18-8-6-17(7-9-18)20(28)21-10-5-11-26-16(4)12-15(3)23-26/h6-9,12,14H,5,10-11,13H2,1-4H3,(H,21,28). The maximum absolute atomic E-state index is 12.3. The molecule has 1 N–H and O–H groups in total. The van der Waals surface area contributed by atoms with Crippen molar-refractivity contribution in [3.8, 4) is 5.75 Å². The monoisotopic (exact) mass is 397 g/mol. The third kappa shape index (κ3) is 5.40. The van der Waals surface area contributed by atoms with Crippen molar-refractivity contribution in [1.29, 1.82) is 0 Å². The molecule has 0 fully saturated rings. The zero-order valence-electron chi connectivity index (χ0n) is 17.3. The molecular weight excluding hydrogens is 370 g/mol. The van der Waals surface area contributed by atoms with E-state index >= 15 is 0 Å². The summed E-state index contributed by atoms with van der Waals surface area (Å²) < 4.78 is 9.41. The number of benzene rings is 1. The summed E-state index contributed by atoms with van der Waals surface area (Å²) in [5, 5.41) is 19.0. The van der Waals surface area contributed by atoms with E-state index in [9.17, 15) is 4.79 Å². The van der Waals surface area contributed by atoms with E-state index in [0.717, 1.165) is 24.4 Å². The molecular formula is C20H27N7O2. The molecule has 0 aliphatic rings. The lowest BCUT2D eigenvalue weighted by molar-refractivity contribution is 0.0952. The topological polar surface area (TPSA) is 99.8 Å². The van der Waals surface area contributed by atoms with Crippen molar-refractivity contribution in [2.75, 3.05) is 6.54 Å². The summed E-state index contributed by atoms with van der Waals surface area (Å²) in [5.74, 6) is 1.21. The fourth-order valence-electron chi connectivity index (χ4n) is 2.99. The molecule has 29 heavy (non-hydrogen) atoms. The number of tetrazole rings is 1. The van der Waals surface area contributed by atoms with E-state index in [0.29, 0.717) is 23.7 Å². The first kappa shape index (κ1) is 20.5. The number of rotatable bonds is 9. The van der Waals surface area contributed by atoms with Gasteiger partial charge in [-0.1, -0.05) is 0 Å². The fourth-order valence-corrected chi connectivity index (χ4v) is 2.99. The minimum absolute atomic E-state index is 0.103. The second-order valence-corrected chi connectivity index (χ2v) is 7.21. The molecule has 0 spiro atoms. The van der Waals surface area contributed by atoms with Gasteiger partial charge in [0.2, 0.25) is 0 Å². The van der Waals surface area contributed by atoms with Crippen molar-refractivity contribution in [2.45, 2.75) is 53.3 Å². The molecule has 154 valence electrons. The van der Waals surface area contributed by atoms with Gasteiger partial charge in [-0.3, -0.25) is 9.48 Å². The van der Waals surface area contributed by atoms with Crippen LogP contribution in [0.3, 0.4) is 0 Å². The number of amides is 1. The van der Waals surface area contributed by atoms with E-state index in [-0.39, 0.29) is 18.6 Å². The van der Waals surface area contributed by atoms with E-state index in [1.54, 1.807) is 28.9 Å². The highest BCUT2D eigenvalue weighted by Crippen LogP contribution is 2.14. The zero-order valence-corrected chi connectivity index (χ0v) is 17.3. The first-order valence-electron chi connectivity index (χ1n) is 9.73.